The summed E-state index contributed by atoms with van der Waals surface area (Å²) in [5.41, 5.74) is 11.8. The first-order chi connectivity index (χ1) is 18.3. The van der Waals surface area contributed by atoms with Crippen LogP contribution < -0.4 is 4.72 Å². The number of nitrogens with zero attached hydrogens (tertiary/aromatic N) is 3. The number of hydrogen-bond donors (Lipinski definition) is 1. The summed E-state index contributed by atoms with van der Waals surface area (Å²) in [4.78, 5) is 30.1. The quantitative estimate of drug-likeness (QED) is 0.257. The number of cyclic esters (lactones) is 1. The van der Waals surface area contributed by atoms with Crippen LogP contribution in [0.3, 0.4) is 0 Å². The van der Waals surface area contributed by atoms with Gasteiger partial charge in [-0.05, 0) is 36.6 Å². The Morgan fingerprint density at radius 3 is 2.34 bits per heavy atom. The number of nitrogens with one attached hydrogen (secondary N) is 1. The summed E-state index contributed by atoms with van der Waals surface area (Å²) in [6.07, 6.45) is 2.40. The molecule has 0 radical (unpaired) electrons. The van der Waals surface area contributed by atoms with Crippen LogP contribution in [-0.2, 0) is 26.0 Å². The Hall–Kier alpha value is -4.37. The second kappa shape index (κ2) is 11.8. The number of imide groups is 1. The highest BCUT2D eigenvalue weighted by molar-refractivity contribution is 7.89. The van der Waals surface area contributed by atoms with E-state index in [2.05, 4.69) is 9.51 Å². The SMILES string of the molecule is Cc1ccc(S(=O)(=O)N[C@H](/C=C/c2ccccc2)C(=[N+]=[N-])C(=O)N2C(=O)OC[C@@H]2Cc2ccccc2)cc1. The first-order valence-electron chi connectivity index (χ1n) is 11.9. The molecule has 2 amide bonds. The Morgan fingerprint density at radius 2 is 1.71 bits per heavy atom. The first-order valence-corrected chi connectivity index (χ1v) is 13.4. The molecular weight excluding hydrogens is 504 g/mol. The van der Waals surface area contributed by atoms with E-state index in [9.17, 15) is 23.5 Å². The van der Waals surface area contributed by atoms with Crippen LogP contribution in [0.15, 0.2) is 95.9 Å². The average Bonchev–Trinajstić information content (AvgIpc) is 3.28. The summed E-state index contributed by atoms with van der Waals surface area (Å²) in [6.45, 7) is 1.78. The lowest BCUT2D eigenvalue weighted by Gasteiger charge is -2.19. The highest BCUT2D eigenvalue weighted by Crippen LogP contribution is 2.19. The van der Waals surface area contributed by atoms with Crippen molar-refractivity contribution in [3.05, 3.63) is 113 Å². The normalized spacial score (nSPS) is 16.2. The standard InChI is InChI=1S/C28H26N4O5S/c1-20-12-15-24(16-13-20)38(35,36)31-25(17-14-21-8-4-2-5-9-21)26(30-29)27(33)32-23(19-37-28(32)34)18-22-10-6-3-7-11-22/h2-17,23,25,31H,18-19H2,1H3/b17-14+/t23-,25+/m0/s1. The van der Waals surface area contributed by atoms with Gasteiger partial charge in [0.25, 0.3) is 0 Å². The zero-order valence-corrected chi connectivity index (χ0v) is 21.4. The molecule has 1 heterocycles. The molecule has 38 heavy (non-hydrogen) atoms. The van der Waals surface area contributed by atoms with Crippen LogP contribution in [0.25, 0.3) is 11.6 Å². The van der Waals surface area contributed by atoms with Gasteiger partial charge in [0.2, 0.25) is 10.0 Å². The maximum absolute atomic E-state index is 13.6. The van der Waals surface area contributed by atoms with E-state index in [1.165, 1.54) is 18.2 Å². The zero-order valence-electron chi connectivity index (χ0n) is 20.6. The third-order valence-corrected chi connectivity index (χ3v) is 7.47. The van der Waals surface area contributed by atoms with Crippen molar-refractivity contribution in [1.82, 2.24) is 9.62 Å². The van der Waals surface area contributed by atoms with Crippen LogP contribution in [-0.4, -0.2) is 54.5 Å². The van der Waals surface area contributed by atoms with Gasteiger partial charge in [-0.25, -0.2) is 18.1 Å². The van der Waals surface area contributed by atoms with Crippen molar-refractivity contribution in [2.24, 2.45) is 0 Å². The molecule has 1 fully saturated rings. The van der Waals surface area contributed by atoms with Gasteiger partial charge in [-0.1, -0.05) is 90.5 Å². The van der Waals surface area contributed by atoms with Crippen molar-refractivity contribution in [1.29, 1.82) is 0 Å². The number of rotatable bonds is 9. The highest BCUT2D eigenvalue weighted by Gasteiger charge is 2.45. The van der Waals surface area contributed by atoms with E-state index < -0.39 is 39.8 Å². The van der Waals surface area contributed by atoms with Gasteiger partial charge >= 0.3 is 17.7 Å². The Labute approximate surface area is 221 Å². The molecule has 0 saturated carbocycles. The molecule has 0 aromatic heterocycles. The minimum atomic E-state index is -4.15. The summed E-state index contributed by atoms with van der Waals surface area (Å²) in [5, 5.41) is 0. The van der Waals surface area contributed by atoms with Crippen LogP contribution in [0.4, 0.5) is 4.79 Å². The molecule has 0 spiro atoms. The molecular formula is C28H26N4O5S. The van der Waals surface area contributed by atoms with Crippen LogP contribution in [0.1, 0.15) is 16.7 Å². The average molecular weight is 531 g/mol. The number of carbonyl (C=O) groups excluding carboxylic acids is 2. The van der Waals surface area contributed by atoms with Gasteiger partial charge in [0, 0.05) is 0 Å². The van der Waals surface area contributed by atoms with Crippen LogP contribution >= 0.6 is 0 Å². The third-order valence-electron chi connectivity index (χ3n) is 6.01. The minimum Gasteiger partial charge on any atom is -0.447 e. The Morgan fingerprint density at radius 1 is 1.08 bits per heavy atom. The molecule has 3 aromatic rings. The maximum atomic E-state index is 13.6. The Kier molecular flexibility index (Phi) is 8.28. The molecule has 2 atom stereocenters. The molecule has 9 nitrogen and oxygen atoms in total. The van der Waals surface area contributed by atoms with Crippen LogP contribution in [0.2, 0.25) is 0 Å². The van der Waals surface area contributed by atoms with Crippen LogP contribution in [0, 0.1) is 6.92 Å². The molecule has 0 bridgehead atoms. The molecule has 194 valence electrons. The highest BCUT2D eigenvalue weighted by atomic mass is 32.2. The summed E-state index contributed by atoms with van der Waals surface area (Å²) >= 11 is 0. The first kappa shape index (κ1) is 26.7. The van der Waals surface area contributed by atoms with Gasteiger partial charge in [-0.2, -0.15) is 9.51 Å². The van der Waals surface area contributed by atoms with E-state index in [0.717, 1.165) is 21.6 Å². The van der Waals surface area contributed by atoms with Gasteiger partial charge in [-0.3, -0.25) is 4.79 Å². The largest absolute Gasteiger partial charge is 0.447 e. The fourth-order valence-electron chi connectivity index (χ4n) is 4.02. The lowest BCUT2D eigenvalue weighted by atomic mass is 10.0. The molecule has 1 aliphatic rings. The van der Waals surface area contributed by atoms with E-state index in [1.807, 2.05) is 43.3 Å². The lowest BCUT2D eigenvalue weighted by Crippen LogP contribution is -2.51. The second-order valence-electron chi connectivity index (χ2n) is 8.76. The topological polar surface area (TPSA) is 129 Å². The number of benzene rings is 3. The lowest BCUT2D eigenvalue weighted by molar-refractivity contribution is -0.127. The van der Waals surface area contributed by atoms with Gasteiger partial charge < -0.3 is 10.3 Å². The van der Waals surface area contributed by atoms with E-state index in [1.54, 1.807) is 42.5 Å². The van der Waals surface area contributed by atoms with E-state index in [0.29, 0.717) is 6.42 Å². The molecule has 1 aliphatic heterocycles. The maximum Gasteiger partial charge on any atom is 0.417 e. The molecule has 1 N–H and O–H groups in total. The van der Waals surface area contributed by atoms with Crippen molar-refractivity contribution in [3.8, 4) is 0 Å². The van der Waals surface area contributed by atoms with Crippen molar-refractivity contribution < 1.29 is 27.5 Å². The molecule has 4 rings (SSSR count). The van der Waals surface area contributed by atoms with Gasteiger partial charge in [0.05, 0.1) is 10.9 Å². The van der Waals surface area contributed by atoms with E-state index >= 15 is 0 Å². The number of aryl methyl sites for hydroxylation is 1. The van der Waals surface area contributed by atoms with Gasteiger partial charge in [-0.15, -0.1) is 0 Å². The van der Waals surface area contributed by atoms with Gasteiger partial charge in [0.1, 0.15) is 12.6 Å². The van der Waals surface area contributed by atoms with Crippen molar-refractivity contribution in [2.75, 3.05) is 6.61 Å². The molecule has 1 saturated heterocycles. The number of ether oxygens (including phenoxy) is 1. The van der Waals surface area contributed by atoms with E-state index in [-0.39, 0.29) is 11.5 Å². The smallest absolute Gasteiger partial charge is 0.417 e. The second-order valence-corrected chi connectivity index (χ2v) is 10.5. The molecule has 3 aromatic carbocycles. The zero-order chi connectivity index (χ0) is 27.1. The Bertz CT molecular complexity index is 1480. The van der Waals surface area contributed by atoms with E-state index in [4.69, 9.17) is 4.74 Å². The number of sulfonamides is 1. The minimum absolute atomic E-state index is 0.0338. The predicted molar refractivity (Wildman–Crippen MR) is 142 cm³/mol. The number of carbonyl (C=O) groups is 2. The summed E-state index contributed by atoms with van der Waals surface area (Å²) in [6, 6.07) is 22.3. The molecule has 0 aliphatic carbocycles. The number of amides is 2. The van der Waals surface area contributed by atoms with Gasteiger partial charge in [0.15, 0.2) is 0 Å². The summed E-state index contributed by atoms with van der Waals surface area (Å²) in [7, 11) is -4.15. The summed E-state index contributed by atoms with van der Waals surface area (Å²) < 4.78 is 34.0. The fourth-order valence-corrected chi connectivity index (χ4v) is 5.17. The third kappa shape index (κ3) is 6.30. The molecule has 10 heteroatoms. The van der Waals surface area contributed by atoms with Crippen molar-refractivity contribution >= 4 is 33.8 Å². The summed E-state index contributed by atoms with van der Waals surface area (Å²) in [5.74, 6) is -0.967. The monoisotopic (exact) mass is 530 g/mol. The molecule has 0 unspecified atom stereocenters. The number of hydrogen-bond acceptors (Lipinski definition) is 5. The predicted octanol–water partition coefficient (Wildman–Crippen LogP) is 3.62. The fraction of sp³-hybridized carbons (Fsp3) is 0.179. The Balaban J connectivity index is 1.67. The van der Waals surface area contributed by atoms with Crippen LogP contribution in [0.5, 0.6) is 0 Å². The van der Waals surface area contributed by atoms with Crippen molar-refractivity contribution in [3.63, 3.8) is 0 Å². The van der Waals surface area contributed by atoms with Crippen molar-refractivity contribution in [2.45, 2.75) is 30.3 Å².